The number of aryl methyl sites for hydroxylation is 3. The predicted molar refractivity (Wildman–Crippen MR) is 79.4 cm³/mol. The molecule has 20 heavy (non-hydrogen) atoms. The zero-order chi connectivity index (χ0) is 14.5. The van der Waals surface area contributed by atoms with Gasteiger partial charge in [0.15, 0.2) is 0 Å². The number of carbonyl (C=O) groups excluding carboxylic acids is 1. The average molecular weight is 271 g/mol. The summed E-state index contributed by atoms with van der Waals surface area (Å²) in [5.74, 6) is 0.0771. The smallest absolute Gasteiger partial charge is 0.220 e. The fourth-order valence-corrected chi connectivity index (χ4v) is 2.27. The fraction of sp³-hybridized carbons (Fsp3) is 0.375. The summed E-state index contributed by atoms with van der Waals surface area (Å²) < 4.78 is 0. The van der Waals surface area contributed by atoms with Crippen molar-refractivity contribution in [3.8, 4) is 0 Å². The molecule has 0 radical (unpaired) electrons. The molecule has 2 rings (SSSR count). The van der Waals surface area contributed by atoms with Gasteiger partial charge in [0.2, 0.25) is 5.91 Å². The molecular weight excluding hydrogens is 250 g/mol. The van der Waals surface area contributed by atoms with Crippen molar-refractivity contribution in [1.82, 2.24) is 15.5 Å². The standard InChI is InChI=1S/C16H21N3O/c1-11-6-4-5-7-14(11)10-17-16(20)9-8-15-12(2)18-19-13(15)3/h4-7H,8-10H2,1-3H3,(H,17,20)(H,18,19). The monoisotopic (exact) mass is 271 g/mol. The van der Waals surface area contributed by atoms with Crippen LogP contribution in [0.25, 0.3) is 0 Å². The molecule has 4 heteroatoms. The lowest BCUT2D eigenvalue weighted by molar-refractivity contribution is -0.121. The molecule has 1 aromatic heterocycles. The third kappa shape index (κ3) is 3.47. The van der Waals surface area contributed by atoms with Crippen molar-refractivity contribution in [3.63, 3.8) is 0 Å². The van der Waals surface area contributed by atoms with Crippen molar-refractivity contribution in [2.75, 3.05) is 0 Å². The Morgan fingerprint density at radius 1 is 1.25 bits per heavy atom. The Labute approximate surface area is 119 Å². The van der Waals surface area contributed by atoms with Crippen molar-refractivity contribution >= 4 is 5.91 Å². The van der Waals surface area contributed by atoms with Gasteiger partial charge in [0.1, 0.15) is 0 Å². The van der Waals surface area contributed by atoms with Crippen LogP contribution >= 0.6 is 0 Å². The van der Waals surface area contributed by atoms with E-state index >= 15 is 0 Å². The van der Waals surface area contributed by atoms with Gasteiger partial charge in [-0.3, -0.25) is 9.89 Å². The number of benzene rings is 1. The highest BCUT2D eigenvalue weighted by Gasteiger charge is 2.09. The van der Waals surface area contributed by atoms with E-state index in [1.165, 1.54) is 5.56 Å². The van der Waals surface area contributed by atoms with Crippen molar-refractivity contribution in [2.24, 2.45) is 0 Å². The lowest BCUT2D eigenvalue weighted by Crippen LogP contribution is -2.23. The van der Waals surface area contributed by atoms with E-state index in [-0.39, 0.29) is 5.91 Å². The second-order valence-corrected chi connectivity index (χ2v) is 5.12. The highest BCUT2D eigenvalue weighted by Crippen LogP contribution is 2.12. The Hall–Kier alpha value is -2.10. The van der Waals surface area contributed by atoms with E-state index in [1.807, 2.05) is 32.0 Å². The van der Waals surface area contributed by atoms with E-state index in [1.54, 1.807) is 0 Å². The van der Waals surface area contributed by atoms with Gasteiger partial charge in [0.05, 0.1) is 5.69 Å². The summed E-state index contributed by atoms with van der Waals surface area (Å²) in [4.78, 5) is 11.9. The molecule has 0 saturated carbocycles. The highest BCUT2D eigenvalue weighted by molar-refractivity contribution is 5.76. The molecule has 1 aromatic carbocycles. The topological polar surface area (TPSA) is 57.8 Å². The molecule has 0 bridgehead atoms. The van der Waals surface area contributed by atoms with Crippen LogP contribution in [0, 0.1) is 20.8 Å². The van der Waals surface area contributed by atoms with Crippen LogP contribution in [0.5, 0.6) is 0 Å². The van der Waals surface area contributed by atoms with E-state index in [4.69, 9.17) is 0 Å². The van der Waals surface area contributed by atoms with Crippen molar-refractivity contribution < 1.29 is 4.79 Å². The maximum absolute atomic E-state index is 11.9. The Morgan fingerprint density at radius 3 is 2.65 bits per heavy atom. The van der Waals surface area contributed by atoms with Gasteiger partial charge >= 0.3 is 0 Å². The molecule has 4 nitrogen and oxygen atoms in total. The zero-order valence-corrected chi connectivity index (χ0v) is 12.3. The number of aromatic nitrogens is 2. The molecule has 0 spiro atoms. The van der Waals surface area contributed by atoms with Crippen molar-refractivity contribution in [2.45, 2.75) is 40.2 Å². The van der Waals surface area contributed by atoms with Crippen LogP contribution in [0.2, 0.25) is 0 Å². The van der Waals surface area contributed by atoms with Gasteiger partial charge in [0, 0.05) is 18.7 Å². The molecule has 0 aliphatic rings. The molecule has 0 aliphatic carbocycles. The van der Waals surface area contributed by atoms with Gasteiger partial charge in [-0.05, 0) is 43.9 Å². The summed E-state index contributed by atoms with van der Waals surface area (Å²) in [6.45, 7) is 6.60. The summed E-state index contributed by atoms with van der Waals surface area (Å²) in [7, 11) is 0. The molecule has 106 valence electrons. The first kappa shape index (κ1) is 14.3. The number of H-pyrrole nitrogens is 1. The molecule has 0 fully saturated rings. The molecule has 1 amide bonds. The second kappa shape index (κ2) is 6.37. The lowest BCUT2D eigenvalue weighted by atomic mass is 10.1. The molecule has 2 N–H and O–H groups in total. The molecule has 0 atom stereocenters. The number of nitrogens with zero attached hydrogens (tertiary/aromatic N) is 1. The largest absolute Gasteiger partial charge is 0.352 e. The van der Waals surface area contributed by atoms with E-state index in [0.717, 1.165) is 28.9 Å². The van der Waals surface area contributed by atoms with Crippen LogP contribution in [0.4, 0.5) is 0 Å². The van der Waals surface area contributed by atoms with Gasteiger partial charge < -0.3 is 5.32 Å². The Balaban J connectivity index is 1.83. The van der Waals surface area contributed by atoms with Crippen LogP contribution < -0.4 is 5.32 Å². The van der Waals surface area contributed by atoms with Gasteiger partial charge in [0.25, 0.3) is 0 Å². The second-order valence-electron chi connectivity index (χ2n) is 5.12. The molecule has 0 saturated heterocycles. The van der Waals surface area contributed by atoms with Crippen molar-refractivity contribution in [1.29, 1.82) is 0 Å². The number of rotatable bonds is 5. The van der Waals surface area contributed by atoms with Gasteiger partial charge in [-0.1, -0.05) is 24.3 Å². The third-order valence-electron chi connectivity index (χ3n) is 3.62. The summed E-state index contributed by atoms with van der Waals surface area (Å²) in [6.07, 6.45) is 1.22. The number of hydrogen-bond donors (Lipinski definition) is 2. The molecular formula is C16H21N3O. The van der Waals surface area contributed by atoms with E-state index < -0.39 is 0 Å². The van der Waals surface area contributed by atoms with Crippen LogP contribution in [0.15, 0.2) is 24.3 Å². The Morgan fingerprint density at radius 2 is 2.00 bits per heavy atom. The number of carbonyl (C=O) groups is 1. The fourth-order valence-electron chi connectivity index (χ4n) is 2.27. The van der Waals surface area contributed by atoms with E-state index in [9.17, 15) is 4.79 Å². The van der Waals surface area contributed by atoms with Gasteiger partial charge in [-0.15, -0.1) is 0 Å². The van der Waals surface area contributed by atoms with Gasteiger partial charge in [-0.25, -0.2) is 0 Å². The number of nitrogens with one attached hydrogen (secondary N) is 2. The maximum atomic E-state index is 11.9. The SMILES string of the molecule is Cc1ccccc1CNC(=O)CCc1c(C)n[nH]c1C. The zero-order valence-electron chi connectivity index (χ0n) is 12.3. The first-order valence-electron chi connectivity index (χ1n) is 6.89. The van der Waals surface area contributed by atoms with Gasteiger partial charge in [-0.2, -0.15) is 5.10 Å². The normalized spacial score (nSPS) is 10.6. The minimum atomic E-state index is 0.0771. The first-order chi connectivity index (χ1) is 9.58. The predicted octanol–water partition coefficient (Wildman–Crippen LogP) is 2.58. The average Bonchev–Trinajstić information content (AvgIpc) is 2.75. The number of hydrogen-bond acceptors (Lipinski definition) is 2. The summed E-state index contributed by atoms with van der Waals surface area (Å²) in [5.41, 5.74) is 5.55. The summed E-state index contributed by atoms with van der Waals surface area (Å²) in [6, 6.07) is 8.09. The minimum absolute atomic E-state index is 0.0771. The summed E-state index contributed by atoms with van der Waals surface area (Å²) in [5, 5.41) is 10.1. The van der Waals surface area contributed by atoms with Crippen LogP contribution in [0.1, 0.15) is 34.5 Å². The molecule has 1 heterocycles. The van der Waals surface area contributed by atoms with Crippen LogP contribution in [-0.4, -0.2) is 16.1 Å². The van der Waals surface area contributed by atoms with Crippen LogP contribution in [-0.2, 0) is 17.8 Å². The number of amides is 1. The maximum Gasteiger partial charge on any atom is 0.220 e. The first-order valence-corrected chi connectivity index (χ1v) is 6.89. The van der Waals surface area contributed by atoms with Crippen LogP contribution in [0.3, 0.4) is 0 Å². The third-order valence-corrected chi connectivity index (χ3v) is 3.62. The minimum Gasteiger partial charge on any atom is -0.352 e. The lowest BCUT2D eigenvalue weighted by Gasteiger charge is -2.08. The Kier molecular flexibility index (Phi) is 4.56. The quantitative estimate of drug-likeness (QED) is 0.878. The van der Waals surface area contributed by atoms with E-state index in [0.29, 0.717) is 13.0 Å². The molecule has 0 aliphatic heterocycles. The van der Waals surface area contributed by atoms with Crippen molar-refractivity contribution in [3.05, 3.63) is 52.3 Å². The molecule has 2 aromatic rings. The number of aromatic amines is 1. The molecule has 0 unspecified atom stereocenters. The Bertz CT molecular complexity index is 582. The highest BCUT2D eigenvalue weighted by atomic mass is 16.1. The van der Waals surface area contributed by atoms with E-state index in [2.05, 4.69) is 28.5 Å². The summed E-state index contributed by atoms with van der Waals surface area (Å²) >= 11 is 0.